The number of nitrogens with zero attached hydrogens (tertiary/aromatic N) is 1. The summed E-state index contributed by atoms with van der Waals surface area (Å²) in [7, 11) is 3.18. The van der Waals surface area contributed by atoms with Crippen molar-refractivity contribution in [2.24, 2.45) is 16.4 Å². The van der Waals surface area contributed by atoms with Crippen LogP contribution < -0.4 is 14.9 Å². The number of ether oxygens (including phenoxy) is 2. The molecule has 3 rings (SSSR count). The minimum atomic E-state index is 0.0301. The van der Waals surface area contributed by atoms with Crippen molar-refractivity contribution in [3.63, 3.8) is 0 Å². The zero-order valence-electron chi connectivity index (χ0n) is 12.7. The Hall–Kier alpha value is -1.56. The predicted octanol–water partition coefficient (Wildman–Crippen LogP) is 3.11. The normalized spacial score (nSPS) is 21.5. The average Bonchev–Trinajstić information content (AvgIpc) is 3.23. The fourth-order valence-electron chi connectivity index (χ4n) is 3.13. The van der Waals surface area contributed by atoms with E-state index in [-0.39, 0.29) is 11.8 Å². The van der Waals surface area contributed by atoms with E-state index in [1.54, 1.807) is 26.5 Å². The van der Waals surface area contributed by atoms with E-state index < -0.39 is 0 Å². The van der Waals surface area contributed by atoms with Gasteiger partial charge in [-0.25, -0.2) is 5.43 Å². The lowest BCUT2D eigenvalue weighted by Gasteiger charge is -2.25. The molecule has 1 N–H and O–H groups in total. The van der Waals surface area contributed by atoms with Gasteiger partial charge in [0.15, 0.2) is 0 Å². The number of benzene rings is 1. The maximum absolute atomic E-state index is 12.0. The summed E-state index contributed by atoms with van der Waals surface area (Å²) in [6.45, 7) is 0. The standard InChI is InChI=1S/C16H19BrN2O3/c1-21-13-7-14(22-2)12(17)6-10(13)9-18-19-15(20)11-8-16(11)4-3-5-16/h6-7,9,11H,3-5,8H2,1-2H3,(H,19,20)/b18-9-/t11-/m1/s1. The molecule has 0 bridgehead atoms. The Balaban J connectivity index is 1.65. The first-order valence-electron chi connectivity index (χ1n) is 7.34. The molecule has 5 nitrogen and oxygen atoms in total. The van der Waals surface area contributed by atoms with E-state index in [1.807, 2.05) is 6.07 Å². The van der Waals surface area contributed by atoms with Gasteiger partial charge in [-0.2, -0.15) is 5.10 Å². The van der Waals surface area contributed by atoms with Gasteiger partial charge in [0.1, 0.15) is 11.5 Å². The Morgan fingerprint density at radius 1 is 1.36 bits per heavy atom. The van der Waals surface area contributed by atoms with Crippen LogP contribution in [0, 0.1) is 11.3 Å². The summed E-state index contributed by atoms with van der Waals surface area (Å²) in [4.78, 5) is 12.0. The number of nitrogens with one attached hydrogen (secondary N) is 1. The summed E-state index contributed by atoms with van der Waals surface area (Å²) >= 11 is 3.43. The number of hydrogen-bond donors (Lipinski definition) is 1. The molecular weight excluding hydrogens is 348 g/mol. The van der Waals surface area contributed by atoms with Gasteiger partial charge in [0, 0.05) is 17.5 Å². The van der Waals surface area contributed by atoms with E-state index in [0.29, 0.717) is 16.9 Å². The molecule has 1 amide bonds. The first kappa shape index (κ1) is 15.3. The number of carbonyl (C=O) groups is 1. The summed E-state index contributed by atoms with van der Waals surface area (Å²) in [6, 6.07) is 3.62. The Bertz CT molecular complexity index is 626. The minimum Gasteiger partial charge on any atom is -0.496 e. The van der Waals surface area contributed by atoms with E-state index >= 15 is 0 Å². The maximum atomic E-state index is 12.0. The van der Waals surface area contributed by atoms with Gasteiger partial charge >= 0.3 is 0 Å². The van der Waals surface area contributed by atoms with Gasteiger partial charge in [-0.15, -0.1) is 0 Å². The van der Waals surface area contributed by atoms with Gasteiger partial charge in [-0.05, 0) is 46.7 Å². The molecule has 118 valence electrons. The molecule has 0 unspecified atom stereocenters. The summed E-state index contributed by atoms with van der Waals surface area (Å²) < 4.78 is 11.3. The monoisotopic (exact) mass is 366 g/mol. The number of hydrazone groups is 1. The van der Waals surface area contributed by atoms with Crippen molar-refractivity contribution in [3.05, 3.63) is 22.2 Å². The molecule has 0 aliphatic heterocycles. The third-order valence-corrected chi connectivity index (χ3v) is 5.36. The lowest BCUT2D eigenvalue weighted by atomic mass is 9.80. The lowest BCUT2D eigenvalue weighted by Crippen LogP contribution is -2.26. The summed E-state index contributed by atoms with van der Waals surface area (Å²) in [5.74, 6) is 1.51. The van der Waals surface area contributed by atoms with Crippen molar-refractivity contribution >= 4 is 28.1 Å². The quantitative estimate of drug-likeness (QED) is 0.643. The lowest BCUT2D eigenvalue weighted by molar-refractivity contribution is -0.123. The van der Waals surface area contributed by atoms with Crippen molar-refractivity contribution in [2.45, 2.75) is 25.7 Å². The highest BCUT2D eigenvalue weighted by Crippen LogP contribution is 2.65. The van der Waals surface area contributed by atoms with E-state index in [0.717, 1.165) is 16.5 Å². The molecule has 1 atom stereocenters. The van der Waals surface area contributed by atoms with Crippen molar-refractivity contribution in [1.82, 2.24) is 5.43 Å². The van der Waals surface area contributed by atoms with Crippen molar-refractivity contribution in [1.29, 1.82) is 0 Å². The van der Waals surface area contributed by atoms with Crippen LogP contribution in [0.5, 0.6) is 11.5 Å². The van der Waals surface area contributed by atoms with Crippen molar-refractivity contribution in [3.8, 4) is 11.5 Å². The molecule has 0 saturated heterocycles. The number of amides is 1. The predicted molar refractivity (Wildman–Crippen MR) is 87.4 cm³/mol. The van der Waals surface area contributed by atoms with Crippen LogP contribution in [0.1, 0.15) is 31.2 Å². The zero-order chi connectivity index (χ0) is 15.7. The Kier molecular flexibility index (Phi) is 4.12. The Morgan fingerprint density at radius 3 is 2.64 bits per heavy atom. The molecule has 2 fully saturated rings. The molecule has 6 heteroatoms. The largest absolute Gasteiger partial charge is 0.496 e. The highest BCUT2D eigenvalue weighted by Gasteiger charge is 2.60. The van der Waals surface area contributed by atoms with Gasteiger partial charge in [0.05, 0.1) is 24.9 Å². The van der Waals surface area contributed by atoms with Crippen LogP contribution in [-0.4, -0.2) is 26.3 Å². The Labute approximate surface area is 138 Å². The smallest absolute Gasteiger partial charge is 0.243 e. The molecule has 1 aromatic carbocycles. The zero-order valence-corrected chi connectivity index (χ0v) is 14.3. The Morgan fingerprint density at radius 2 is 2.09 bits per heavy atom. The van der Waals surface area contributed by atoms with E-state index in [1.165, 1.54) is 19.3 Å². The highest BCUT2D eigenvalue weighted by atomic mass is 79.9. The van der Waals surface area contributed by atoms with E-state index in [9.17, 15) is 4.79 Å². The maximum Gasteiger partial charge on any atom is 0.243 e. The summed E-state index contributed by atoms with van der Waals surface area (Å²) in [5, 5.41) is 4.07. The third kappa shape index (κ3) is 2.72. The van der Waals surface area contributed by atoms with Crippen LogP contribution in [-0.2, 0) is 4.79 Å². The van der Waals surface area contributed by atoms with Gasteiger partial charge in [-0.3, -0.25) is 4.79 Å². The number of hydrogen-bond acceptors (Lipinski definition) is 4. The molecule has 1 spiro atoms. The first-order valence-corrected chi connectivity index (χ1v) is 8.13. The van der Waals surface area contributed by atoms with Crippen LogP contribution in [0.3, 0.4) is 0 Å². The molecule has 1 aromatic rings. The fraction of sp³-hybridized carbons (Fsp3) is 0.500. The van der Waals surface area contributed by atoms with Gasteiger partial charge in [0.2, 0.25) is 5.91 Å². The van der Waals surface area contributed by atoms with Crippen LogP contribution >= 0.6 is 15.9 Å². The average molecular weight is 367 g/mol. The highest BCUT2D eigenvalue weighted by molar-refractivity contribution is 9.10. The topological polar surface area (TPSA) is 59.9 Å². The molecule has 0 radical (unpaired) electrons. The van der Waals surface area contributed by atoms with Gasteiger partial charge in [-0.1, -0.05) is 6.42 Å². The number of rotatable bonds is 5. The molecule has 0 aromatic heterocycles. The molecule has 2 aliphatic carbocycles. The van der Waals surface area contributed by atoms with Gasteiger partial charge in [0.25, 0.3) is 0 Å². The number of carbonyl (C=O) groups excluding carboxylic acids is 1. The van der Waals surface area contributed by atoms with E-state index in [4.69, 9.17) is 9.47 Å². The molecule has 2 aliphatic rings. The second kappa shape index (κ2) is 5.91. The van der Waals surface area contributed by atoms with Crippen LogP contribution in [0.4, 0.5) is 0 Å². The third-order valence-electron chi connectivity index (χ3n) is 4.74. The van der Waals surface area contributed by atoms with Crippen LogP contribution in [0.15, 0.2) is 21.7 Å². The van der Waals surface area contributed by atoms with Gasteiger partial charge < -0.3 is 9.47 Å². The van der Waals surface area contributed by atoms with Crippen LogP contribution in [0.25, 0.3) is 0 Å². The fourth-order valence-corrected chi connectivity index (χ4v) is 3.65. The molecular formula is C16H19BrN2O3. The van der Waals surface area contributed by atoms with E-state index in [2.05, 4.69) is 26.5 Å². The molecule has 0 heterocycles. The van der Waals surface area contributed by atoms with Crippen molar-refractivity contribution in [2.75, 3.05) is 14.2 Å². The van der Waals surface area contributed by atoms with Crippen LogP contribution in [0.2, 0.25) is 0 Å². The molecule has 22 heavy (non-hydrogen) atoms. The molecule has 2 saturated carbocycles. The second-order valence-corrected chi connectivity index (χ2v) is 6.79. The summed E-state index contributed by atoms with van der Waals surface area (Å²) in [5.41, 5.74) is 3.73. The summed E-state index contributed by atoms with van der Waals surface area (Å²) in [6.07, 6.45) is 6.24. The van der Waals surface area contributed by atoms with Crippen molar-refractivity contribution < 1.29 is 14.3 Å². The number of methoxy groups -OCH3 is 2. The first-order chi connectivity index (χ1) is 10.6. The number of halogens is 1. The minimum absolute atomic E-state index is 0.0301. The SMILES string of the molecule is COc1cc(OC)c(/C=N\NC(=O)[C@H]2CC23CCC3)cc1Br. The second-order valence-electron chi connectivity index (χ2n) is 5.94.